The highest BCUT2D eigenvalue weighted by molar-refractivity contribution is 6.03. The summed E-state index contributed by atoms with van der Waals surface area (Å²) in [6.07, 6.45) is 1.08. The van der Waals surface area contributed by atoms with Crippen LogP contribution in [-0.4, -0.2) is 42.5 Å². The van der Waals surface area contributed by atoms with Crippen LogP contribution in [0.2, 0.25) is 0 Å². The van der Waals surface area contributed by atoms with Crippen molar-refractivity contribution in [2.45, 2.75) is 38.8 Å². The first-order chi connectivity index (χ1) is 14.0. The molecule has 2 aromatic rings. The topological polar surface area (TPSA) is 49.9 Å². The molecule has 1 aliphatic heterocycles. The van der Waals surface area contributed by atoms with Crippen LogP contribution in [0, 0.1) is 5.92 Å². The van der Waals surface area contributed by atoms with Gasteiger partial charge in [-0.05, 0) is 30.5 Å². The lowest BCUT2D eigenvalue weighted by Gasteiger charge is -2.47. The zero-order valence-electron chi connectivity index (χ0n) is 17.5. The van der Waals surface area contributed by atoms with Crippen LogP contribution < -0.4 is 4.90 Å². The molecule has 0 saturated carbocycles. The normalized spacial score (nSPS) is 16.4. The van der Waals surface area contributed by atoms with Gasteiger partial charge < -0.3 is 4.74 Å². The molecule has 1 aliphatic rings. The van der Waals surface area contributed by atoms with Crippen LogP contribution in [0.25, 0.3) is 0 Å². The molecule has 0 aromatic heterocycles. The molecule has 0 atom stereocenters. The molecule has 1 saturated heterocycles. The van der Waals surface area contributed by atoms with Gasteiger partial charge in [0, 0.05) is 31.2 Å². The van der Waals surface area contributed by atoms with Crippen molar-refractivity contribution < 1.29 is 14.3 Å². The Morgan fingerprint density at radius 2 is 1.55 bits per heavy atom. The Bertz CT molecular complexity index is 813. The standard InChI is InChI=1S/C24H30N2O3/c1-19(2)22(27)26(21-12-8-5-9-13-21)24(23(28)29-3)14-16-25(17-15-24)18-20-10-6-4-7-11-20/h4-13,19H,14-18H2,1-3H3. The van der Waals surface area contributed by atoms with Crippen molar-refractivity contribution >= 4 is 17.6 Å². The van der Waals surface area contributed by atoms with Crippen LogP contribution in [0.4, 0.5) is 5.69 Å². The van der Waals surface area contributed by atoms with Gasteiger partial charge in [0.2, 0.25) is 5.91 Å². The molecule has 0 radical (unpaired) electrons. The molecule has 3 rings (SSSR count). The molecule has 2 aromatic carbocycles. The fraction of sp³-hybridized carbons (Fsp3) is 0.417. The van der Waals surface area contributed by atoms with E-state index in [1.54, 1.807) is 4.90 Å². The molecule has 1 fully saturated rings. The van der Waals surface area contributed by atoms with Gasteiger partial charge in [-0.1, -0.05) is 62.4 Å². The zero-order chi connectivity index (χ0) is 20.9. The van der Waals surface area contributed by atoms with Gasteiger partial charge in [0.1, 0.15) is 5.54 Å². The highest BCUT2D eigenvalue weighted by Crippen LogP contribution is 2.36. The van der Waals surface area contributed by atoms with E-state index < -0.39 is 5.54 Å². The predicted molar refractivity (Wildman–Crippen MR) is 114 cm³/mol. The SMILES string of the molecule is COC(=O)C1(N(C(=O)C(C)C)c2ccccc2)CCN(Cc2ccccc2)CC1. The van der Waals surface area contributed by atoms with E-state index in [0.717, 1.165) is 25.3 Å². The highest BCUT2D eigenvalue weighted by atomic mass is 16.5. The molecular formula is C24H30N2O3. The van der Waals surface area contributed by atoms with E-state index in [1.807, 2.05) is 62.4 Å². The number of hydrogen-bond donors (Lipinski definition) is 0. The number of rotatable bonds is 6. The summed E-state index contributed by atoms with van der Waals surface area (Å²) in [5, 5.41) is 0. The van der Waals surface area contributed by atoms with Crippen molar-refractivity contribution in [1.82, 2.24) is 4.90 Å². The molecule has 0 N–H and O–H groups in total. The molecular weight excluding hydrogens is 364 g/mol. The second-order valence-electron chi connectivity index (χ2n) is 7.95. The van der Waals surface area contributed by atoms with Crippen LogP contribution in [-0.2, 0) is 20.9 Å². The van der Waals surface area contributed by atoms with Crippen molar-refractivity contribution in [3.8, 4) is 0 Å². The number of carbonyl (C=O) groups excluding carboxylic acids is 2. The van der Waals surface area contributed by atoms with Gasteiger partial charge in [-0.2, -0.15) is 0 Å². The molecule has 0 unspecified atom stereocenters. The quantitative estimate of drug-likeness (QED) is 0.698. The molecule has 5 nitrogen and oxygen atoms in total. The minimum absolute atomic E-state index is 0.0573. The summed E-state index contributed by atoms with van der Waals surface area (Å²) in [5.74, 6) is -0.619. The number of hydrogen-bond acceptors (Lipinski definition) is 4. The van der Waals surface area contributed by atoms with Crippen LogP contribution in [0.1, 0.15) is 32.3 Å². The van der Waals surface area contributed by atoms with E-state index in [-0.39, 0.29) is 17.8 Å². The summed E-state index contributed by atoms with van der Waals surface area (Å²) < 4.78 is 5.23. The van der Waals surface area contributed by atoms with Crippen molar-refractivity contribution in [2.24, 2.45) is 5.92 Å². The summed E-state index contributed by atoms with van der Waals surface area (Å²) in [6.45, 7) is 6.01. The average Bonchev–Trinajstić information content (AvgIpc) is 2.76. The van der Waals surface area contributed by atoms with Crippen LogP contribution in [0.15, 0.2) is 60.7 Å². The van der Waals surface area contributed by atoms with Crippen molar-refractivity contribution in [2.75, 3.05) is 25.1 Å². The van der Waals surface area contributed by atoms with E-state index >= 15 is 0 Å². The van der Waals surface area contributed by atoms with Crippen LogP contribution in [0.3, 0.4) is 0 Å². The smallest absolute Gasteiger partial charge is 0.332 e. The third kappa shape index (κ3) is 4.51. The number of carbonyl (C=O) groups is 2. The minimum atomic E-state index is -0.982. The molecule has 154 valence electrons. The van der Waals surface area contributed by atoms with E-state index in [9.17, 15) is 9.59 Å². The number of methoxy groups -OCH3 is 1. The summed E-state index contributed by atoms with van der Waals surface area (Å²) in [6, 6.07) is 19.8. The van der Waals surface area contributed by atoms with Gasteiger partial charge in [-0.3, -0.25) is 14.6 Å². The van der Waals surface area contributed by atoms with E-state index in [0.29, 0.717) is 12.8 Å². The fourth-order valence-electron chi connectivity index (χ4n) is 4.05. The maximum Gasteiger partial charge on any atom is 0.332 e. The number of benzene rings is 2. The summed E-state index contributed by atoms with van der Waals surface area (Å²) in [7, 11) is 1.41. The third-order valence-corrected chi connectivity index (χ3v) is 5.65. The first-order valence-electron chi connectivity index (χ1n) is 10.2. The Morgan fingerprint density at radius 3 is 2.07 bits per heavy atom. The zero-order valence-corrected chi connectivity index (χ0v) is 17.5. The third-order valence-electron chi connectivity index (χ3n) is 5.65. The maximum atomic E-state index is 13.2. The Kier molecular flexibility index (Phi) is 6.70. The lowest BCUT2D eigenvalue weighted by atomic mass is 9.83. The molecule has 1 amide bonds. The largest absolute Gasteiger partial charge is 0.467 e. The number of ether oxygens (including phenoxy) is 1. The van der Waals surface area contributed by atoms with Gasteiger partial charge in [-0.15, -0.1) is 0 Å². The summed E-state index contributed by atoms with van der Waals surface area (Å²) >= 11 is 0. The lowest BCUT2D eigenvalue weighted by Crippen LogP contribution is -2.63. The Balaban J connectivity index is 1.90. The minimum Gasteiger partial charge on any atom is -0.467 e. The van der Waals surface area contributed by atoms with Gasteiger partial charge in [0.05, 0.1) is 7.11 Å². The van der Waals surface area contributed by atoms with Gasteiger partial charge >= 0.3 is 5.97 Å². The second kappa shape index (κ2) is 9.23. The average molecular weight is 395 g/mol. The van der Waals surface area contributed by atoms with Gasteiger partial charge in [-0.25, -0.2) is 4.79 Å². The lowest BCUT2D eigenvalue weighted by molar-refractivity contribution is -0.151. The van der Waals surface area contributed by atoms with E-state index in [2.05, 4.69) is 17.0 Å². The molecule has 0 aliphatic carbocycles. The van der Waals surface area contributed by atoms with Gasteiger partial charge in [0.25, 0.3) is 0 Å². The number of likely N-dealkylation sites (tertiary alicyclic amines) is 1. The van der Waals surface area contributed by atoms with Crippen molar-refractivity contribution in [3.05, 3.63) is 66.2 Å². The second-order valence-corrected chi connectivity index (χ2v) is 7.95. The molecule has 0 bridgehead atoms. The highest BCUT2D eigenvalue weighted by Gasteiger charge is 2.50. The Labute approximate surface area is 173 Å². The Hall–Kier alpha value is -2.66. The van der Waals surface area contributed by atoms with Gasteiger partial charge in [0.15, 0.2) is 0 Å². The summed E-state index contributed by atoms with van der Waals surface area (Å²) in [4.78, 5) is 30.3. The number of anilines is 1. The number of piperidine rings is 1. The first kappa shape index (κ1) is 21.1. The van der Waals surface area contributed by atoms with E-state index in [4.69, 9.17) is 4.74 Å². The molecule has 5 heteroatoms. The molecule has 0 spiro atoms. The number of amides is 1. The maximum absolute atomic E-state index is 13.2. The number of para-hydroxylation sites is 1. The van der Waals surface area contributed by atoms with Crippen LogP contribution in [0.5, 0.6) is 0 Å². The molecule has 1 heterocycles. The predicted octanol–water partition coefficient (Wildman–Crippen LogP) is 3.88. The molecule has 29 heavy (non-hydrogen) atoms. The monoisotopic (exact) mass is 394 g/mol. The number of esters is 1. The fourth-order valence-corrected chi connectivity index (χ4v) is 4.05. The summed E-state index contributed by atoms with van der Waals surface area (Å²) in [5.41, 5.74) is 1.01. The van der Waals surface area contributed by atoms with Crippen molar-refractivity contribution in [1.29, 1.82) is 0 Å². The Morgan fingerprint density at radius 1 is 1.00 bits per heavy atom. The van der Waals surface area contributed by atoms with E-state index in [1.165, 1.54) is 12.7 Å². The van der Waals surface area contributed by atoms with Crippen molar-refractivity contribution in [3.63, 3.8) is 0 Å². The van der Waals surface area contributed by atoms with Crippen LogP contribution >= 0.6 is 0 Å². The first-order valence-corrected chi connectivity index (χ1v) is 10.2. The number of nitrogens with zero attached hydrogens (tertiary/aromatic N) is 2.